The Morgan fingerprint density at radius 1 is 1.08 bits per heavy atom. The van der Waals surface area contributed by atoms with Gasteiger partial charge in [-0.15, -0.1) is 0 Å². The molecular weight excluding hydrogens is 310 g/mol. The van der Waals surface area contributed by atoms with Gasteiger partial charge in [0.05, 0.1) is 5.92 Å². The molecule has 132 valence electrons. The molecule has 0 bridgehead atoms. The van der Waals surface area contributed by atoms with Crippen LogP contribution in [-0.2, 0) is 4.79 Å². The molecule has 2 aromatic carbocycles. The fourth-order valence-electron chi connectivity index (χ4n) is 4.18. The van der Waals surface area contributed by atoms with Gasteiger partial charge in [0.25, 0.3) is 0 Å². The number of nitrogens with zero attached hydrogens (tertiary/aromatic N) is 2. The molecule has 2 unspecified atom stereocenters. The van der Waals surface area contributed by atoms with E-state index in [1.54, 1.807) is 0 Å². The molecule has 2 aliphatic heterocycles. The Labute approximate surface area is 149 Å². The van der Waals surface area contributed by atoms with E-state index in [1.807, 2.05) is 6.92 Å². The fraction of sp³-hybridized carbons (Fsp3) is 0.476. The van der Waals surface area contributed by atoms with Gasteiger partial charge in [-0.05, 0) is 29.7 Å². The molecular formula is C21H27N3O. The second-order valence-electron chi connectivity index (χ2n) is 7.34. The Balaban J connectivity index is 1.44. The normalized spacial score (nSPS) is 23.1. The van der Waals surface area contributed by atoms with Gasteiger partial charge in [-0.1, -0.05) is 42.5 Å². The third-order valence-corrected chi connectivity index (χ3v) is 5.79. The average Bonchev–Trinajstić information content (AvgIpc) is 3.17. The average molecular weight is 337 g/mol. The number of nitrogens with one attached hydrogen (secondary N) is 1. The minimum atomic E-state index is -0.0774. The van der Waals surface area contributed by atoms with Gasteiger partial charge in [-0.2, -0.15) is 0 Å². The van der Waals surface area contributed by atoms with E-state index in [1.165, 1.54) is 10.8 Å². The van der Waals surface area contributed by atoms with Gasteiger partial charge >= 0.3 is 0 Å². The van der Waals surface area contributed by atoms with Crippen molar-refractivity contribution in [3.8, 4) is 0 Å². The summed E-state index contributed by atoms with van der Waals surface area (Å²) < 4.78 is 0. The first-order valence-corrected chi connectivity index (χ1v) is 9.44. The fourth-order valence-corrected chi connectivity index (χ4v) is 4.18. The molecule has 2 heterocycles. The van der Waals surface area contributed by atoms with E-state index in [0.29, 0.717) is 6.04 Å². The van der Waals surface area contributed by atoms with Gasteiger partial charge in [0.1, 0.15) is 0 Å². The minimum absolute atomic E-state index is 0.0774. The summed E-state index contributed by atoms with van der Waals surface area (Å²) in [6.07, 6.45) is 1.11. The first kappa shape index (κ1) is 16.6. The monoisotopic (exact) mass is 337 g/mol. The van der Waals surface area contributed by atoms with Crippen molar-refractivity contribution in [3.05, 3.63) is 48.0 Å². The summed E-state index contributed by atoms with van der Waals surface area (Å²) in [6, 6.07) is 15.3. The van der Waals surface area contributed by atoms with Crippen molar-refractivity contribution in [2.75, 3.05) is 39.3 Å². The lowest BCUT2D eigenvalue weighted by Gasteiger charge is -2.32. The molecule has 2 aliphatic rings. The molecule has 25 heavy (non-hydrogen) atoms. The van der Waals surface area contributed by atoms with Gasteiger partial charge < -0.3 is 10.2 Å². The van der Waals surface area contributed by atoms with Crippen molar-refractivity contribution in [2.45, 2.75) is 25.3 Å². The van der Waals surface area contributed by atoms with Crippen molar-refractivity contribution in [2.24, 2.45) is 0 Å². The summed E-state index contributed by atoms with van der Waals surface area (Å²) in [5, 5.41) is 5.84. The zero-order valence-electron chi connectivity index (χ0n) is 14.9. The molecule has 4 heteroatoms. The summed E-state index contributed by atoms with van der Waals surface area (Å²) in [7, 11) is 0. The van der Waals surface area contributed by atoms with Crippen LogP contribution in [0.2, 0.25) is 0 Å². The van der Waals surface area contributed by atoms with Crippen LogP contribution in [0.15, 0.2) is 42.5 Å². The van der Waals surface area contributed by atoms with Crippen molar-refractivity contribution in [1.82, 2.24) is 15.1 Å². The van der Waals surface area contributed by atoms with Crippen LogP contribution >= 0.6 is 0 Å². The van der Waals surface area contributed by atoms with Gasteiger partial charge in [-0.25, -0.2) is 0 Å². The molecule has 2 saturated heterocycles. The predicted molar refractivity (Wildman–Crippen MR) is 102 cm³/mol. The third kappa shape index (κ3) is 3.42. The van der Waals surface area contributed by atoms with Crippen LogP contribution in [-0.4, -0.2) is 61.0 Å². The number of benzene rings is 2. The highest BCUT2D eigenvalue weighted by molar-refractivity contribution is 5.87. The topological polar surface area (TPSA) is 35.6 Å². The maximum Gasteiger partial charge on any atom is 0.229 e. The minimum Gasteiger partial charge on any atom is -0.341 e. The van der Waals surface area contributed by atoms with E-state index in [9.17, 15) is 4.79 Å². The number of hydrogen-bond acceptors (Lipinski definition) is 3. The number of amides is 1. The molecule has 4 rings (SSSR count). The lowest BCUT2D eigenvalue weighted by Crippen LogP contribution is -2.49. The molecule has 4 nitrogen and oxygen atoms in total. The number of rotatable bonds is 3. The van der Waals surface area contributed by atoms with Crippen molar-refractivity contribution in [1.29, 1.82) is 0 Å². The van der Waals surface area contributed by atoms with E-state index >= 15 is 0 Å². The molecule has 0 aromatic heterocycles. The van der Waals surface area contributed by atoms with Crippen LogP contribution in [0.4, 0.5) is 0 Å². The number of likely N-dealkylation sites (tertiary alicyclic amines) is 1. The van der Waals surface area contributed by atoms with Crippen molar-refractivity contribution in [3.63, 3.8) is 0 Å². The van der Waals surface area contributed by atoms with Crippen molar-refractivity contribution >= 4 is 16.7 Å². The summed E-state index contributed by atoms with van der Waals surface area (Å²) >= 11 is 0. The molecule has 0 radical (unpaired) electrons. The Kier molecular flexibility index (Phi) is 4.73. The van der Waals surface area contributed by atoms with Gasteiger partial charge in [0.15, 0.2) is 0 Å². The van der Waals surface area contributed by atoms with Gasteiger partial charge in [0, 0.05) is 45.3 Å². The molecule has 0 aliphatic carbocycles. The molecule has 0 spiro atoms. The van der Waals surface area contributed by atoms with Crippen LogP contribution < -0.4 is 5.32 Å². The summed E-state index contributed by atoms with van der Waals surface area (Å²) in [5.41, 5.74) is 1.12. The summed E-state index contributed by atoms with van der Waals surface area (Å²) in [4.78, 5) is 17.6. The highest BCUT2D eigenvalue weighted by atomic mass is 16.2. The Morgan fingerprint density at radius 2 is 1.84 bits per heavy atom. The maximum absolute atomic E-state index is 13.0. The molecule has 1 N–H and O–H groups in total. The van der Waals surface area contributed by atoms with E-state index in [2.05, 4.69) is 57.6 Å². The molecule has 2 aromatic rings. The Hall–Kier alpha value is -1.91. The van der Waals surface area contributed by atoms with Crippen molar-refractivity contribution < 1.29 is 4.79 Å². The van der Waals surface area contributed by atoms with Crippen LogP contribution in [0.1, 0.15) is 24.8 Å². The smallest absolute Gasteiger partial charge is 0.229 e. The SMILES string of the molecule is CC(C(=O)N1CCC(N2CCNCC2)C1)c1ccc2ccccc2c1. The Bertz CT molecular complexity index is 754. The standard InChI is InChI=1S/C21H27N3O/c1-16(18-7-6-17-4-2-3-5-19(17)14-18)21(25)24-11-8-20(15-24)23-12-9-22-10-13-23/h2-7,14,16,20,22H,8-13,15H2,1H3. The third-order valence-electron chi connectivity index (χ3n) is 5.79. The molecule has 2 fully saturated rings. The van der Waals surface area contributed by atoms with Crippen LogP contribution in [0.5, 0.6) is 0 Å². The first-order valence-electron chi connectivity index (χ1n) is 9.44. The predicted octanol–water partition coefficient (Wildman–Crippen LogP) is 2.45. The number of piperazine rings is 1. The number of fused-ring (bicyclic) bond motifs is 1. The largest absolute Gasteiger partial charge is 0.341 e. The van der Waals surface area contributed by atoms with E-state index in [0.717, 1.165) is 51.3 Å². The lowest BCUT2D eigenvalue weighted by atomic mass is 9.96. The molecule has 2 atom stereocenters. The first-order chi connectivity index (χ1) is 12.2. The van der Waals surface area contributed by atoms with Crippen LogP contribution in [0.3, 0.4) is 0 Å². The number of hydrogen-bond donors (Lipinski definition) is 1. The summed E-state index contributed by atoms with van der Waals surface area (Å²) in [6.45, 7) is 8.17. The summed E-state index contributed by atoms with van der Waals surface area (Å²) in [5.74, 6) is 0.194. The lowest BCUT2D eigenvalue weighted by molar-refractivity contribution is -0.131. The second kappa shape index (κ2) is 7.14. The van der Waals surface area contributed by atoms with Crippen LogP contribution in [0, 0.1) is 0 Å². The number of carbonyl (C=O) groups is 1. The van der Waals surface area contributed by atoms with Gasteiger partial charge in [-0.3, -0.25) is 9.69 Å². The molecule has 0 saturated carbocycles. The number of carbonyl (C=O) groups excluding carboxylic acids is 1. The zero-order valence-corrected chi connectivity index (χ0v) is 14.9. The highest BCUT2D eigenvalue weighted by Crippen LogP contribution is 2.26. The van der Waals surface area contributed by atoms with E-state index in [4.69, 9.17) is 0 Å². The maximum atomic E-state index is 13.0. The zero-order chi connectivity index (χ0) is 17.2. The van der Waals surface area contributed by atoms with Gasteiger partial charge in [0.2, 0.25) is 5.91 Å². The molecule has 1 amide bonds. The second-order valence-corrected chi connectivity index (χ2v) is 7.34. The van der Waals surface area contributed by atoms with Crippen LogP contribution in [0.25, 0.3) is 10.8 Å². The van der Waals surface area contributed by atoms with E-state index < -0.39 is 0 Å². The Morgan fingerprint density at radius 3 is 2.64 bits per heavy atom. The quantitative estimate of drug-likeness (QED) is 0.934. The highest BCUT2D eigenvalue weighted by Gasteiger charge is 2.32. The van der Waals surface area contributed by atoms with E-state index in [-0.39, 0.29) is 11.8 Å².